The molecule has 82 valence electrons. The molecule has 0 N–H and O–H groups in total. The molecular formula is C11H13BrClNO. The predicted octanol–water partition coefficient (Wildman–Crippen LogP) is 3.04. The van der Waals surface area contributed by atoms with Gasteiger partial charge in [-0.15, -0.1) is 11.6 Å². The van der Waals surface area contributed by atoms with E-state index in [1.54, 1.807) is 11.9 Å². The number of benzene rings is 1. The maximum absolute atomic E-state index is 11.5. The van der Waals surface area contributed by atoms with Crippen LogP contribution in [0.25, 0.3) is 0 Å². The molecule has 1 aromatic carbocycles. The predicted molar refractivity (Wildman–Crippen MR) is 66.0 cm³/mol. The molecule has 0 bridgehead atoms. The second-order valence-electron chi connectivity index (χ2n) is 3.32. The van der Waals surface area contributed by atoms with E-state index < -0.39 is 0 Å². The Balaban J connectivity index is 2.58. The highest BCUT2D eigenvalue weighted by atomic mass is 79.9. The maximum Gasteiger partial charge on any atom is 0.223 e. The zero-order valence-corrected chi connectivity index (χ0v) is 10.9. The molecule has 1 aromatic rings. The molecule has 2 nitrogen and oxygen atoms in total. The molecule has 0 aromatic heterocycles. The Morgan fingerprint density at radius 3 is 2.87 bits per heavy atom. The summed E-state index contributed by atoms with van der Waals surface area (Å²) < 4.78 is 1.03. The molecule has 0 saturated heterocycles. The fourth-order valence-electron chi connectivity index (χ4n) is 1.27. The highest BCUT2D eigenvalue weighted by Crippen LogP contribution is 2.13. The van der Waals surface area contributed by atoms with Crippen molar-refractivity contribution < 1.29 is 4.79 Å². The van der Waals surface area contributed by atoms with E-state index in [1.807, 2.05) is 24.3 Å². The van der Waals surface area contributed by atoms with Crippen LogP contribution in [0.2, 0.25) is 0 Å². The van der Waals surface area contributed by atoms with Gasteiger partial charge in [0, 0.05) is 30.4 Å². The van der Waals surface area contributed by atoms with Crippen LogP contribution in [0.5, 0.6) is 0 Å². The first-order chi connectivity index (χ1) is 7.13. The minimum atomic E-state index is 0.0741. The Bertz CT molecular complexity index is 343. The van der Waals surface area contributed by atoms with Crippen molar-refractivity contribution in [1.29, 1.82) is 0 Å². The highest BCUT2D eigenvalue weighted by Gasteiger charge is 2.07. The number of carbonyl (C=O) groups excluding carboxylic acids is 1. The van der Waals surface area contributed by atoms with Gasteiger partial charge in [0.15, 0.2) is 0 Å². The number of hydrogen-bond donors (Lipinski definition) is 0. The summed E-state index contributed by atoms with van der Waals surface area (Å²) in [6.45, 7) is 0.620. The number of amides is 1. The van der Waals surface area contributed by atoms with E-state index in [0.29, 0.717) is 18.8 Å². The van der Waals surface area contributed by atoms with Crippen LogP contribution in [0.15, 0.2) is 28.7 Å². The molecule has 0 radical (unpaired) electrons. The van der Waals surface area contributed by atoms with Crippen LogP contribution >= 0.6 is 27.5 Å². The van der Waals surface area contributed by atoms with Crippen molar-refractivity contribution in [1.82, 2.24) is 4.90 Å². The lowest BCUT2D eigenvalue weighted by molar-refractivity contribution is -0.129. The summed E-state index contributed by atoms with van der Waals surface area (Å²) in [5, 5.41) is 0. The summed E-state index contributed by atoms with van der Waals surface area (Å²) in [5.41, 5.74) is 1.11. The largest absolute Gasteiger partial charge is 0.341 e. The maximum atomic E-state index is 11.5. The summed E-state index contributed by atoms with van der Waals surface area (Å²) in [7, 11) is 1.79. The van der Waals surface area contributed by atoms with E-state index >= 15 is 0 Å². The molecule has 0 atom stereocenters. The third kappa shape index (κ3) is 4.22. The van der Waals surface area contributed by atoms with E-state index in [2.05, 4.69) is 15.9 Å². The number of carbonyl (C=O) groups is 1. The van der Waals surface area contributed by atoms with E-state index in [9.17, 15) is 4.79 Å². The standard InChI is InChI=1S/C11H13BrClNO/c1-14(11(15)5-6-13)8-9-3-2-4-10(12)7-9/h2-4,7H,5-6,8H2,1H3. The number of alkyl halides is 1. The molecule has 0 saturated carbocycles. The van der Waals surface area contributed by atoms with Crippen molar-refractivity contribution in [3.8, 4) is 0 Å². The average molecular weight is 291 g/mol. The second kappa shape index (κ2) is 6.13. The molecule has 0 spiro atoms. The summed E-state index contributed by atoms with van der Waals surface area (Å²) in [6.07, 6.45) is 0.395. The molecule has 0 aliphatic heterocycles. The molecular weight excluding hydrogens is 277 g/mol. The average Bonchev–Trinajstić information content (AvgIpc) is 2.18. The van der Waals surface area contributed by atoms with Gasteiger partial charge in [0.25, 0.3) is 0 Å². The minimum Gasteiger partial charge on any atom is -0.341 e. The third-order valence-corrected chi connectivity index (χ3v) is 2.73. The van der Waals surface area contributed by atoms with Gasteiger partial charge in [0.1, 0.15) is 0 Å². The van der Waals surface area contributed by atoms with Gasteiger partial charge in [-0.05, 0) is 17.7 Å². The smallest absolute Gasteiger partial charge is 0.223 e. The number of nitrogens with zero attached hydrogens (tertiary/aromatic N) is 1. The van der Waals surface area contributed by atoms with Crippen molar-refractivity contribution in [3.05, 3.63) is 34.3 Å². The Hall–Kier alpha value is -0.540. The first-order valence-corrected chi connectivity index (χ1v) is 6.00. The lowest BCUT2D eigenvalue weighted by Gasteiger charge is -2.16. The van der Waals surface area contributed by atoms with Crippen LogP contribution in [-0.2, 0) is 11.3 Å². The lowest BCUT2D eigenvalue weighted by atomic mass is 10.2. The topological polar surface area (TPSA) is 20.3 Å². The summed E-state index contributed by atoms with van der Waals surface area (Å²) >= 11 is 8.91. The quantitative estimate of drug-likeness (QED) is 0.781. The molecule has 1 rings (SSSR count). The summed E-state index contributed by atoms with van der Waals surface area (Å²) in [4.78, 5) is 13.1. The van der Waals surface area contributed by atoms with Gasteiger partial charge in [-0.2, -0.15) is 0 Å². The van der Waals surface area contributed by atoms with Gasteiger partial charge in [0.05, 0.1) is 0 Å². The first kappa shape index (κ1) is 12.5. The molecule has 15 heavy (non-hydrogen) atoms. The summed E-state index contributed by atoms with van der Waals surface area (Å²) in [6, 6.07) is 7.92. The van der Waals surface area contributed by atoms with Gasteiger partial charge in [-0.25, -0.2) is 0 Å². The molecule has 0 fully saturated rings. The Labute approximate surface area is 103 Å². The minimum absolute atomic E-state index is 0.0741. The van der Waals surface area contributed by atoms with Gasteiger partial charge in [0.2, 0.25) is 5.91 Å². The van der Waals surface area contributed by atoms with Crippen LogP contribution in [0.3, 0.4) is 0 Å². The molecule has 1 amide bonds. The molecule has 0 aliphatic rings. The zero-order valence-electron chi connectivity index (χ0n) is 8.54. The second-order valence-corrected chi connectivity index (χ2v) is 4.61. The Morgan fingerprint density at radius 1 is 1.53 bits per heavy atom. The Kier molecular flexibility index (Phi) is 5.12. The molecule has 0 heterocycles. The zero-order chi connectivity index (χ0) is 11.3. The van der Waals surface area contributed by atoms with Crippen molar-refractivity contribution in [2.45, 2.75) is 13.0 Å². The number of halogens is 2. The van der Waals surface area contributed by atoms with Crippen molar-refractivity contribution >= 4 is 33.4 Å². The van der Waals surface area contributed by atoms with E-state index in [-0.39, 0.29) is 5.91 Å². The van der Waals surface area contributed by atoms with Crippen molar-refractivity contribution in [3.63, 3.8) is 0 Å². The Morgan fingerprint density at radius 2 is 2.27 bits per heavy atom. The monoisotopic (exact) mass is 289 g/mol. The van der Waals surface area contributed by atoms with Gasteiger partial charge < -0.3 is 4.90 Å². The first-order valence-electron chi connectivity index (χ1n) is 4.68. The molecule has 4 heteroatoms. The van der Waals surface area contributed by atoms with Crippen molar-refractivity contribution in [2.75, 3.05) is 12.9 Å². The lowest BCUT2D eigenvalue weighted by Crippen LogP contribution is -2.26. The summed E-state index contributed by atoms with van der Waals surface area (Å²) in [5.74, 6) is 0.451. The number of rotatable bonds is 4. The fraction of sp³-hybridized carbons (Fsp3) is 0.364. The highest BCUT2D eigenvalue weighted by molar-refractivity contribution is 9.10. The van der Waals surface area contributed by atoms with Gasteiger partial charge >= 0.3 is 0 Å². The van der Waals surface area contributed by atoms with Crippen molar-refractivity contribution in [2.24, 2.45) is 0 Å². The molecule has 0 unspecified atom stereocenters. The normalized spacial score (nSPS) is 10.1. The van der Waals surface area contributed by atoms with Gasteiger partial charge in [-0.3, -0.25) is 4.79 Å². The van der Waals surface area contributed by atoms with Crippen LogP contribution < -0.4 is 0 Å². The third-order valence-electron chi connectivity index (χ3n) is 2.04. The van der Waals surface area contributed by atoms with E-state index in [1.165, 1.54) is 0 Å². The van der Waals surface area contributed by atoms with E-state index in [4.69, 9.17) is 11.6 Å². The SMILES string of the molecule is CN(Cc1cccc(Br)c1)C(=O)CCCl. The van der Waals surface area contributed by atoms with E-state index in [0.717, 1.165) is 10.0 Å². The van der Waals surface area contributed by atoms with Gasteiger partial charge in [-0.1, -0.05) is 28.1 Å². The van der Waals surface area contributed by atoms with Crippen LogP contribution in [0.1, 0.15) is 12.0 Å². The van der Waals surface area contributed by atoms with Crippen LogP contribution in [-0.4, -0.2) is 23.7 Å². The van der Waals surface area contributed by atoms with Crippen LogP contribution in [0.4, 0.5) is 0 Å². The molecule has 0 aliphatic carbocycles. The van der Waals surface area contributed by atoms with Crippen LogP contribution in [0, 0.1) is 0 Å². The fourth-order valence-corrected chi connectivity index (χ4v) is 1.88. The number of hydrogen-bond acceptors (Lipinski definition) is 1.